The topological polar surface area (TPSA) is 33.5 Å². The van der Waals surface area contributed by atoms with Gasteiger partial charge in [0.15, 0.2) is 5.76 Å². The van der Waals surface area contributed by atoms with E-state index in [1.807, 2.05) is 6.07 Å². The summed E-state index contributed by atoms with van der Waals surface area (Å²) in [6.07, 6.45) is 0. The van der Waals surface area contributed by atoms with Crippen LogP contribution in [0.2, 0.25) is 10.0 Å². The molecule has 5 heteroatoms. The van der Waals surface area contributed by atoms with Gasteiger partial charge in [-0.3, -0.25) is 4.79 Å². The fraction of sp³-hybridized carbons (Fsp3) is 0.214. The number of carbonyl (C=O) groups is 1. The molecule has 0 saturated heterocycles. The highest BCUT2D eigenvalue weighted by molar-refractivity contribution is 6.42. The maximum Gasteiger partial charge on any atom is 0.289 e. The van der Waals surface area contributed by atoms with Crippen molar-refractivity contribution in [1.29, 1.82) is 0 Å². The number of carbonyl (C=O) groups excluding carboxylic acids is 1. The second-order valence-corrected chi connectivity index (χ2v) is 5.13. The Bertz CT molecular complexity index is 607. The summed E-state index contributed by atoms with van der Waals surface area (Å²) < 4.78 is 5.31. The summed E-state index contributed by atoms with van der Waals surface area (Å²) >= 11 is 11.8. The molecule has 0 aliphatic rings. The molecule has 0 atom stereocenters. The van der Waals surface area contributed by atoms with Gasteiger partial charge in [0, 0.05) is 13.6 Å². The molecule has 1 aromatic heterocycles. The smallest absolute Gasteiger partial charge is 0.289 e. The van der Waals surface area contributed by atoms with Gasteiger partial charge in [0.25, 0.3) is 5.91 Å². The number of benzene rings is 1. The molecular formula is C14H13Cl2NO2. The molecule has 19 heavy (non-hydrogen) atoms. The zero-order chi connectivity index (χ0) is 14.0. The molecule has 0 radical (unpaired) electrons. The Kier molecular flexibility index (Phi) is 4.17. The van der Waals surface area contributed by atoms with E-state index in [1.54, 1.807) is 43.1 Å². The lowest BCUT2D eigenvalue weighted by molar-refractivity contribution is 0.0752. The van der Waals surface area contributed by atoms with Gasteiger partial charge in [-0.2, -0.15) is 0 Å². The molecule has 0 saturated carbocycles. The quantitative estimate of drug-likeness (QED) is 0.852. The Hall–Kier alpha value is -1.45. The van der Waals surface area contributed by atoms with Gasteiger partial charge in [-0.15, -0.1) is 0 Å². The van der Waals surface area contributed by atoms with Gasteiger partial charge in [0.05, 0.1) is 10.0 Å². The Morgan fingerprint density at radius 2 is 1.95 bits per heavy atom. The third-order valence-corrected chi connectivity index (χ3v) is 3.44. The minimum atomic E-state index is -0.167. The normalized spacial score (nSPS) is 10.5. The average molecular weight is 298 g/mol. The number of rotatable bonds is 3. The monoisotopic (exact) mass is 297 g/mol. The number of furan rings is 1. The van der Waals surface area contributed by atoms with E-state index in [4.69, 9.17) is 27.6 Å². The van der Waals surface area contributed by atoms with Crippen LogP contribution >= 0.6 is 23.2 Å². The number of halogens is 2. The average Bonchev–Trinajstić information content (AvgIpc) is 2.79. The molecule has 1 heterocycles. The number of aryl methyl sites for hydroxylation is 1. The number of nitrogens with zero attached hydrogens (tertiary/aromatic N) is 1. The van der Waals surface area contributed by atoms with E-state index < -0.39 is 0 Å². The zero-order valence-corrected chi connectivity index (χ0v) is 12.1. The van der Waals surface area contributed by atoms with Crippen LogP contribution in [0.1, 0.15) is 21.9 Å². The van der Waals surface area contributed by atoms with E-state index in [9.17, 15) is 4.79 Å². The van der Waals surface area contributed by atoms with Crippen LogP contribution < -0.4 is 0 Å². The first-order valence-corrected chi connectivity index (χ1v) is 6.49. The number of hydrogen-bond acceptors (Lipinski definition) is 2. The summed E-state index contributed by atoms with van der Waals surface area (Å²) in [5.74, 6) is 0.880. The second kappa shape index (κ2) is 5.68. The van der Waals surface area contributed by atoms with Crippen LogP contribution in [0.4, 0.5) is 0 Å². The van der Waals surface area contributed by atoms with Crippen molar-refractivity contribution in [3.63, 3.8) is 0 Å². The van der Waals surface area contributed by atoms with Crippen molar-refractivity contribution in [1.82, 2.24) is 4.90 Å². The summed E-state index contributed by atoms with van der Waals surface area (Å²) in [4.78, 5) is 13.7. The minimum Gasteiger partial charge on any atom is -0.456 e. The standard InChI is InChI=1S/C14H13Cl2NO2/c1-9-3-6-13(19-9)14(18)17(2)8-10-4-5-11(15)12(16)7-10/h3-7H,8H2,1-2H3. The predicted octanol–water partition coefficient (Wildman–Crippen LogP) is 4.17. The van der Waals surface area contributed by atoms with E-state index in [0.29, 0.717) is 28.1 Å². The van der Waals surface area contributed by atoms with E-state index in [1.165, 1.54) is 0 Å². The van der Waals surface area contributed by atoms with Gasteiger partial charge in [0.2, 0.25) is 0 Å². The van der Waals surface area contributed by atoms with Crippen molar-refractivity contribution >= 4 is 29.1 Å². The Balaban J connectivity index is 2.10. The van der Waals surface area contributed by atoms with Gasteiger partial charge in [0.1, 0.15) is 5.76 Å². The Labute approximate surface area is 121 Å². The maximum absolute atomic E-state index is 12.1. The third kappa shape index (κ3) is 3.31. The lowest BCUT2D eigenvalue weighted by Crippen LogP contribution is -2.25. The van der Waals surface area contributed by atoms with Gasteiger partial charge in [-0.05, 0) is 36.8 Å². The zero-order valence-electron chi connectivity index (χ0n) is 10.6. The first kappa shape index (κ1) is 14.0. The summed E-state index contributed by atoms with van der Waals surface area (Å²) in [5.41, 5.74) is 0.911. The molecule has 3 nitrogen and oxygen atoms in total. The lowest BCUT2D eigenvalue weighted by atomic mass is 10.2. The molecule has 0 N–H and O–H groups in total. The van der Waals surface area contributed by atoms with E-state index in [0.717, 1.165) is 5.56 Å². The SMILES string of the molecule is Cc1ccc(C(=O)N(C)Cc2ccc(Cl)c(Cl)c2)o1. The van der Waals surface area contributed by atoms with E-state index >= 15 is 0 Å². The van der Waals surface area contributed by atoms with Crippen LogP contribution in [0.15, 0.2) is 34.7 Å². The largest absolute Gasteiger partial charge is 0.456 e. The summed E-state index contributed by atoms with van der Waals surface area (Å²) in [6, 6.07) is 8.74. The highest BCUT2D eigenvalue weighted by Gasteiger charge is 2.15. The van der Waals surface area contributed by atoms with Crippen LogP contribution in [0.3, 0.4) is 0 Å². The van der Waals surface area contributed by atoms with Crippen molar-refractivity contribution in [3.05, 3.63) is 57.5 Å². The van der Waals surface area contributed by atoms with Crippen molar-refractivity contribution in [2.24, 2.45) is 0 Å². The Morgan fingerprint density at radius 3 is 2.53 bits per heavy atom. The molecule has 0 bridgehead atoms. The Morgan fingerprint density at radius 1 is 1.21 bits per heavy atom. The van der Waals surface area contributed by atoms with Crippen LogP contribution in [-0.2, 0) is 6.54 Å². The first-order chi connectivity index (χ1) is 8.97. The minimum absolute atomic E-state index is 0.167. The van der Waals surface area contributed by atoms with Crippen LogP contribution in [0.25, 0.3) is 0 Å². The van der Waals surface area contributed by atoms with Gasteiger partial charge >= 0.3 is 0 Å². The molecule has 1 aromatic carbocycles. The van der Waals surface area contributed by atoms with Crippen LogP contribution in [0, 0.1) is 6.92 Å². The molecule has 0 unspecified atom stereocenters. The highest BCUT2D eigenvalue weighted by atomic mass is 35.5. The van der Waals surface area contributed by atoms with Crippen LogP contribution in [0.5, 0.6) is 0 Å². The predicted molar refractivity (Wildman–Crippen MR) is 75.7 cm³/mol. The van der Waals surface area contributed by atoms with Crippen molar-refractivity contribution < 1.29 is 9.21 Å². The third-order valence-electron chi connectivity index (χ3n) is 2.70. The molecule has 0 aliphatic carbocycles. The molecular weight excluding hydrogens is 285 g/mol. The summed E-state index contributed by atoms with van der Waals surface area (Å²) in [5, 5.41) is 0.981. The summed E-state index contributed by atoms with van der Waals surface area (Å²) in [6.45, 7) is 2.24. The molecule has 1 amide bonds. The molecule has 0 fully saturated rings. The van der Waals surface area contributed by atoms with Crippen molar-refractivity contribution in [3.8, 4) is 0 Å². The number of hydrogen-bond donors (Lipinski definition) is 0. The fourth-order valence-corrected chi connectivity index (χ4v) is 2.04. The maximum atomic E-state index is 12.1. The molecule has 0 aliphatic heterocycles. The second-order valence-electron chi connectivity index (χ2n) is 4.32. The molecule has 0 spiro atoms. The number of amides is 1. The fourth-order valence-electron chi connectivity index (χ4n) is 1.72. The molecule has 2 rings (SSSR count). The lowest BCUT2D eigenvalue weighted by Gasteiger charge is -2.16. The van der Waals surface area contributed by atoms with Gasteiger partial charge in [-0.25, -0.2) is 0 Å². The molecule has 100 valence electrons. The van der Waals surface area contributed by atoms with E-state index in [2.05, 4.69) is 0 Å². The van der Waals surface area contributed by atoms with Crippen LogP contribution in [-0.4, -0.2) is 17.9 Å². The first-order valence-electron chi connectivity index (χ1n) is 5.73. The summed E-state index contributed by atoms with van der Waals surface area (Å²) in [7, 11) is 1.71. The highest BCUT2D eigenvalue weighted by Crippen LogP contribution is 2.23. The van der Waals surface area contributed by atoms with Gasteiger partial charge in [-0.1, -0.05) is 29.3 Å². The van der Waals surface area contributed by atoms with E-state index in [-0.39, 0.29) is 5.91 Å². The van der Waals surface area contributed by atoms with Crippen molar-refractivity contribution in [2.75, 3.05) is 7.05 Å². The van der Waals surface area contributed by atoms with Gasteiger partial charge < -0.3 is 9.32 Å². The molecule has 2 aromatic rings. The van der Waals surface area contributed by atoms with Crippen molar-refractivity contribution in [2.45, 2.75) is 13.5 Å².